The quantitative estimate of drug-likeness (QED) is 0.240. The lowest BCUT2D eigenvalue weighted by molar-refractivity contribution is 0.456. The van der Waals surface area contributed by atoms with Crippen LogP contribution in [0.3, 0.4) is 0 Å². The molecule has 1 aliphatic carbocycles. The molecule has 4 rings (SSSR count). The van der Waals surface area contributed by atoms with Crippen LogP contribution in [0.2, 0.25) is 5.15 Å². The first-order valence-electron chi connectivity index (χ1n) is 8.54. The van der Waals surface area contributed by atoms with Crippen LogP contribution in [0.1, 0.15) is 28.5 Å². The SMILES string of the molecule is CN[C@@H]1CC=CC[C@H]1c1sc2c(NCc3cccs3)cc(Cl)nc2c1I. The number of aromatic nitrogens is 1. The molecule has 3 aromatic heterocycles. The van der Waals surface area contributed by atoms with Crippen LogP contribution >= 0.6 is 56.9 Å². The molecule has 0 saturated carbocycles. The molecule has 0 bridgehead atoms. The number of rotatable bonds is 5. The number of nitrogens with zero attached hydrogens (tertiary/aromatic N) is 1. The van der Waals surface area contributed by atoms with E-state index in [2.05, 4.69) is 74.9 Å². The van der Waals surface area contributed by atoms with Gasteiger partial charge in [0.05, 0.1) is 19.5 Å². The monoisotopic (exact) mass is 515 g/mol. The predicted molar refractivity (Wildman–Crippen MR) is 123 cm³/mol. The third-order valence-electron chi connectivity index (χ3n) is 4.75. The van der Waals surface area contributed by atoms with Gasteiger partial charge in [0, 0.05) is 34.3 Å². The van der Waals surface area contributed by atoms with Crippen LogP contribution in [-0.2, 0) is 6.54 Å². The highest BCUT2D eigenvalue weighted by molar-refractivity contribution is 14.1. The van der Waals surface area contributed by atoms with Gasteiger partial charge >= 0.3 is 0 Å². The largest absolute Gasteiger partial charge is 0.379 e. The van der Waals surface area contributed by atoms with Crippen LogP contribution in [0.15, 0.2) is 35.7 Å². The molecule has 7 heteroatoms. The van der Waals surface area contributed by atoms with Gasteiger partial charge in [0.25, 0.3) is 0 Å². The highest BCUT2D eigenvalue weighted by atomic mass is 127. The zero-order chi connectivity index (χ0) is 18.1. The topological polar surface area (TPSA) is 37.0 Å². The summed E-state index contributed by atoms with van der Waals surface area (Å²) in [7, 11) is 2.06. The lowest BCUT2D eigenvalue weighted by Crippen LogP contribution is -2.32. The van der Waals surface area contributed by atoms with Gasteiger partial charge in [-0.3, -0.25) is 0 Å². The first-order chi connectivity index (χ1) is 12.7. The van der Waals surface area contributed by atoms with Crippen molar-refractivity contribution < 1.29 is 0 Å². The van der Waals surface area contributed by atoms with E-state index in [0.29, 0.717) is 17.1 Å². The van der Waals surface area contributed by atoms with Crippen LogP contribution in [0.4, 0.5) is 5.69 Å². The van der Waals surface area contributed by atoms with Gasteiger partial charge in [-0.25, -0.2) is 4.98 Å². The van der Waals surface area contributed by atoms with Gasteiger partial charge in [0.2, 0.25) is 0 Å². The minimum absolute atomic E-state index is 0.472. The molecule has 0 saturated heterocycles. The highest BCUT2D eigenvalue weighted by Gasteiger charge is 2.28. The number of hydrogen-bond donors (Lipinski definition) is 2. The molecule has 0 amide bonds. The first-order valence-corrected chi connectivity index (χ1v) is 11.7. The van der Waals surface area contributed by atoms with Crippen molar-refractivity contribution in [2.45, 2.75) is 31.3 Å². The second-order valence-corrected chi connectivity index (χ2v) is 9.88. The summed E-state index contributed by atoms with van der Waals surface area (Å²) >= 11 is 12.4. The second kappa shape index (κ2) is 8.14. The number of halogens is 2. The summed E-state index contributed by atoms with van der Waals surface area (Å²) in [6.07, 6.45) is 6.72. The van der Waals surface area contributed by atoms with Crippen molar-refractivity contribution in [2.24, 2.45) is 0 Å². The van der Waals surface area contributed by atoms with E-state index < -0.39 is 0 Å². The summed E-state index contributed by atoms with van der Waals surface area (Å²) in [6.45, 7) is 0.808. The Hall–Kier alpha value is -0.670. The van der Waals surface area contributed by atoms with E-state index in [0.717, 1.165) is 30.6 Å². The van der Waals surface area contributed by atoms with E-state index in [1.807, 2.05) is 17.4 Å². The number of thiophene rings is 2. The Bertz CT molecular complexity index is 936. The maximum atomic E-state index is 6.34. The lowest BCUT2D eigenvalue weighted by Gasteiger charge is -2.27. The minimum Gasteiger partial charge on any atom is -0.379 e. The fourth-order valence-corrected chi connectivity index (χ4v) is 6.86. The van der Waals surface area contributed by atoms with Gasteiger partial charge in [-0.05, 0) is 53.9 Å². The van der Waals surface area contributed by atoms with E-state index in [-0.39, 0.29) is 0 Å². The molecular weight excluding hydrogens is 497 g/mol. The molecule has 0 radical (unpaired) electrons. The van der Waals surface area contributed by atoms with E-state index in [1.165, 1.54) is 18.0 Å². The number of pyridine rings is 1. The normalized spacial score (nSPS) is 20.0. The average molecular weight is 516 g/mol. The van der Waals surface area contributed by atoms with E-state index in [4.69, 9.17) is 11.6 Å². The van der Waals surface area contributed by atoms with Crippen LogP contribution in [-0.4, -0.2) is 18.1 Å². The fraction of sp³-hybridized carbons (Fsp3) is 0.316. The molecular formula is C19H19ClIN3S2. The highest BCUT2D eigenvalue weighted by Crippen LogP contribution is 2.44. The van der Waals surface area contributed by atoms with Crippen molar-refractivity contribution >= 4 is 72.8 Å². The molecule has 0 fully saturated rings. The van der Waals surface area contributed by atoms with Gasteiger partial charge in [-0.2, -0.15) is 0 Å². The number of anilines is 1. The zero-order valence-corrected chi connectivity index (χ0v) is 18.8. The number of hydrogen-bond acceptors (Lipinski definition) is 5. The van der Waals surface area contributed by atoms with Crippen molar-refractivity contribution in [3.63, 3.8) is 0 Å². The molecule has 136 valence electrons. The van der Waals surface area contributed by atoms with E-state index in [1.54, 1.807) is 11.3 Å². The van der Waals surface area contributed by atoms with E-state index in [9.17, 15) is 0 Å². The van der Waals surface area contributed by atoms with Crippen LogP contribution < -0.4 is 10.6 Å². The van der Waals surface area contributed by atoms with Crippen molar-refractivity contribution in [1.29, 1.82) is 0 Å². The minimum atomic E-state index is 0.472. The second-order valence-electron chi connectivity index (χ2n) is 6.33. The van der Waals surface area contributed by atoms with Gasteiger partial charge in [-0.15, -0.1) is 22.7 Å². The summed E-state index contributed by atoms with van der Waals surface area (Å²) in [5.74, 6) is 0.486. The Kier molecular flexibility index (Phi) is 5.85. The molecule has 0 aromatic carbocycles. The molecule has 2 atom stereocenters. The molecule has 3 nitrogen and oxygen atoms in total. The number of likely N-dealkylation sites (N-methyl/N-ethyl adjacent to an activating group) is 1. The fourth-order valence-electron chi connectivity index (χ4n) is 3.41. The maximum Gasteiger partial charge on any atom is 0.131 e. The van der Waals surface area contributed by atoms with Gasteiger partial charge in [-0.1, -0.05) is 29.8 Å². The third kappa shape index (κ3) is 3.67. The Morgan fingerprint density at radius 3 is 2.96 bits per heavy atom. The van der Waals surface area contributed by atoms with Crippen molar-refractivity contribution in [3.05, 3.63) is 54.2 Å². The third-order valence-corrected chi connectivity index (χ3v) is 8.62. The van der Waals surface area contributed by atoms with Crippen LogP contribution in [0.5, 0.6) is 0 Å². The standard InChI is InChI=1S/C19H19ClIN3S2/c1-22-13-7-3-2-6-12(13)18-16(21)17-19(26-18)14(9-15(20)24-17)23-10-11-5-4-8-25-11/h2-5,8-9,12-13,22H,6-7,10H2,1H3,(H,23,24)/t12-,13-/m1/s1. The zero-order valence-electron chi connectivity index (χ0n) is 14.3. The average Bonchev–Trinajstić information content (AvgIpc) is 3.28. The summed E-state index contributed by atoms with van der Waals surface area (Å²) < 4.78 is 2.44. The van der Waals surface area contributed by atoms with Crippen LogP contribution in [0, 0.1) is 3.57 Å². The summed E-state index contributed by atoms with van der Waals surface area (Å²) in [5.41, 5.74) is 2.10. The Morgan fingerprint density at radius 2 is 2.19 bits per heavy atom. The number of nitrogens with one attached hydrogen (secondary N) is 2. The van der Waals surface area contributed by atoms with Gasteiger partial charge < -0.3 is 10.6 Å². The number of fused-ring (bicyclic) bond motifs is 1. The van der Waals surface area contributed by atoms with Crippen molar-refractivity contribution in [1.82, 2.24) is 10.3 Å². The molecule has 2 N–H and O–H groups in total. The van der Waals surface area contributed by atoms with Gasteiger partial charge in [0.1, 0.15) is 5.15 Å². The summed E-state index contributed by atoms with van der Waals surface area (Å²) in [5, 5.41) is 9.70. The number of allylic oxidation sites excluding steroid dienone is 1. The summed E-state index contributed by atoms with van der Waals surface area (Å²) in [4.78, 5) is 7.37. The molecule has 0 spiro atoms. The molecule has 3 heterocycles. The lowest BCUT2D eigenvalue weighted by atomic mass is 9.88. The van der Waals surface area contributed by atoms with E-state index >= 15 is 0 Å². The predicted octanol–water partition coefficient (Wildman–Crippen LogP) is 6.25. The Balaban J connectivity index is 1.73. The first kappa shape index (κ1) is 18.7. The molecule has 0 aliphatic heterocycles. The molecule has 1 aliphatic rings. The van der Waals surface area contributed by atoms with Crippen molar-refractivity contribution in [2.75, 3.05) is 12.4 Å². The summed E-state index contributed by atoms with van der Waals surface area (Å²) in [6, 6.07) is 6.65. The van der Waals surface area contributed by atoms with Crippen molar-refractivity contribution in [3.8, 4) is 0 Å². The Labute approximate surface area is 180 Å². The molecule has 0 unspecified atom stereocenters. The molecule has 26 heavy (non-hydrogen) atoms. The molecule has 3 aromatic rings. The Morgan fingerprint density at radius 1 is 1.35 bits per heavy atom. The smallest absolute Gasteiger partial charge is 0.131 e. The maximum absolute atomic E-state index is 6.34. The van der Waals surface area contributed by atoms with Crippen LogP contribution in [0.25, 0.3) is 10.2 Å². The van der Waals surface area contributed by atoms with Gasteiger partial charge in [0.15, 0.2) is 0 Å².